The highest BCUT2D eigenvalue weighted by atomic mass is 16.5. The van der Waals surface area contributed by atoms with E-state index in [1.165, 1.54) is 54.1 Å². The molecule has 26 heavy (non-hydrogen) atoms. The average Bonchev–Trinajstić information content (AvgIpc) is 3.31. The molecular formula is C22H23N3O. The van der Waals surface area contributed by atoms with Gasteiger partial charge in [0.15, 0.2) is 0 Å². The maximum Gasteiger partial charge on any atom is 0.139 e. The van der Waals surface area contributed by atoms with Crippen molar-refractivity contribution in [3.63, 3.8) is 0 Å². The Bertz CT molecular complexity index is 1030. The molecule has 0 saturated heterocycles. The van der Waals surface area contributed by atoms with Crippen LogP contribution in [0.2, 0.25) is 0 Å². The van der Waals surface area contributed by atoms with Crippen LogP contribution in [0.1, 0.15) is 43.8 Å². The molecule has 1 aliphatic rings. The van der Waals surface area contributed by atoms with E-state index in [-0.39, 0.29) is 0 Å². The zero-order valence-corrected chi connectivity index (χ0v) is 14.8. The van der Waals surface area contributed by atoms with Crippen LogP contribution >= 0.6 is 0 Å². The number of H-pyrrole nitrogens is 1. The Labute approximate surface area is 152 Å². The van der Waals surface area contributed by atoms with Gasteiger partial charge in [0.25, 0.3) is 0 Å². The van der Waals surface area contributed by atoms with Crippen LogP contribution < -0.4 is 4.74 Å². The summed E-state index contributed by atoms with van der Waals surface area (Å²) in [6.07, 6.45) is 10.4. The van der Waals surface area contributed by atoms with E-state index in [1.54, 1.807) is 0 Å². The fourth-order valence-corrected chi connectivity index (χ4v) is 4.32. The van der Waals surface area contributed by atoms with Gasteiger partial charge in [-0.3, -0.25) is 0 Å². The molecule has 0 bridgehead atoms. The number of nitrogens with one attached hydrogen (secondary N) is 1. The minimum absolute atomic E-state index is 0.552. The smallest absolute Gasteiger partial charge is 0.139 e. The van der Waals surface area contributed by atoms with Crippen molar-refractivity contribution in [1.29, 1.82) is 0 Å². The molecule has 0 amide bonds. The monoisotopic (exact) mass is 345 g/mol. The minimum atomic E-state index is 0.552. The second kappa shape index (κ2) is 6.52. The number of pyridine rings is 1. The molecule has 0 atom stereocenters. The lowest BCUT2D eigenvalue weighted by Gasteiger charge is -2.26. The van der Waals surface area contributed by atoms with Crippen molar-refractivity contribution in [2.24, 2.45) is 0 Å². The third kappa shape index (κ3) is 2.66. The molecule has 1 N–H and O–H groups in total. The summed E-state index contributed by atoms with van der Waals surface area (Å²) >= 11 is 0. The first-order valence-electron chi connectivity index (χ1n) is 9.54. The first-order chi connectivity index (χ1) is 12.9. The van der Waals surface area contributed by atoms with E-state index >= 15 is 0 Å². The number of aromatic nitrogens is 3. The van der Waals surface area contributed by atoms with Crippen molar-refractivity contribution in [2.45, 2.75) is 44.8 Å². The van der Waals surface area contributed by atoms with Gasteiger partial charge in [0.1, 0.15) is 18.0 Å². The summed E-state index contributed by atoms with van der Waals surface area (Å²) in [4.78, 5) is 7.83. The van der Waals surface area contributed by atoms with Gasteiger partial charge in [0.05, 0.1) is 11.2 Å². The van der Waals surface area contributed by atoms with Gasteiger partial charge in [-0.15, -0.1) is 0 Å². The van der Waals surface area contributed by atoms with Crippen LogP contribution in [0, 0.1) is 0 Å². The van der Waals surface area contributed by atoms with Gasteiger partial charge in [0, 0.05) is 29.2 Å². The Morgan fingerprint density at radius 3 is 2.77 bits per heavy atom. The van der Waals surface area contributed by atoms with Crippen molar-refractivity contribution in [2.75, 3.05) is 0 Å². The fourth-order valence-electron chi connectivity index (χ4n) is 4.32. The molecule has 0 radical (unpaired) electrons. The van der Waals surface area contributed by atoms with Crippen LogP contribution in [0.4, 0.5) is 0 Å². The third-order valence-electron chi connectivity index (χ3n) is 5.53. The standard InChI is InChI=1S/C22H23N3O/c1-3-7-17(8-4-1)25-18(15-26-19-9-5-2-6-10-19)13-16-14-24-22-20(21(16)25)11-12-23-22/h2,5-6,9-14,17H,1,3-4,7-8,15H2,(H,23,24). The molecule has 5 rings (SSSR count). The molecule has 1 aliphatic carbocycles. The zero-order valence-electron chi connectivity index (χ0n) is 14.8. The van der Waals surface area contributed by atoms with E-state index in [2.05, 4.69) is 26.7 Å². The molecule has 0 aliphatic heterocycles. The van der Waals surface area contributed by atoms with E-state index in [1.807, 2.05) is 42.7 Å². The Morgan fingerprint density at radius 2 is 1.92 bits per heavy atom. The Morgan fingerprint density at radius 1 is 1.08 bits per heavy atom. The highest BCUT2D eigenvalue weighted by Gasteiger charge is 2.22. The summed E-state index contributed by atoms with van der Waals surface area (Å²) in [5, 5.41) is 2.41. The number of fused-ring (bicyclic) bond motifs is 3. The maximum atomic E-state index is 6.10. The van der Waals surface area contributed by atoms with E-state index in [0.29, 0.717) is 12.6 Å². The van der Waals surface area contributed by atoms with Gasteiger partial charge >= 0.3 is 0 Å². The summed E-state index contributed by atoms with van der Waals surface area (Å²) in [5.74, 6) is 0.915. The van der Waals surface area contributed by atoms with Crippen LogP contribution in [0.3, 0.4) is 0 Å². The maximum absolute atomic E-state index is 6.10. The van der Waals surface area contributed by atoms with Crippen molar-refractivity contribution < 1.29 is 4.74 Å². The SMILES string of the molecule is c1ccc(OCc2cc3cnc4[nH]ccc4c3n2C2CCCCC2)cc1. The number of para-hydroxylation sites is 1. The molecule has 1 saturated carbocycles. The summed E-state index contributed by atoms with van der Waals surface area (Å²) in [6, 6.07) is 15.0. The Hall–Kier alpha value is -2.75. The molecule has 4 nitrogen and oxygen atoms in total. The lowest BCUT2D eigenvalue weighted by molar-refractivity contribution is 0.279. The van der Waals surface area contributed by atoms with Crippen molar-refractivity contribution >= 4 is 21.9 Å². The predicted molar refractivity (Wildman–Crippen MR) is 104 cm³/mol. The third-order valence-corrected chi connectivity index (χ3v) is 5.53. The second-order valence-electron chi connectivity index (χ2n) is 7.20. The molecular weight excluding hydrogens is 322 g/mol. The summed E-state index contributed by atoms with van der Waals surface area (Å²) < 4.78 is 8.63. The normalized spacial score (nSPS) is 15.7. The molecule has 132 valence electrons. The zero-order chi connectivity index (χ0) is 17.3. The number of ether oxygens (including phenoxy) is 1. The number of nitrogens with zero attached hydrogens (tertiary/aromatic N) is 2. The van der Waals surface area contributed by atoms with Crippen LogP contribution in [0.15, 0.2) is 54.9 Å². The first kappa shape index (κ1) is 15.5. The van der Waals surface area contributed by atoms with Crippen LogP contribution in [0.5, 0.6) is 5.75 Å². The lowest BCUT2D eigenvalue weighted by Crippen LogP contribution is -2.16. The van der Waals surface area contributed by atoms with E-state index in [0.717, 1.165) is 11.4 Å². The largest absolute Gasteiger partial charge is 0.487 e. The van der Waals surface area contributed by atoms with Gasteiger partial charge in [-0.05, 0) is 37.1 Å². The predicted octanol–water partition coefficient (Wildman–Crippen LogP) is 5.60. The van der Waals surface area contributed by atoms with Crippen molar-refractivity contribution in [3.05, 3.63) is 60.6 Å². The van der Waals surface area contributed by atoms with Gasteiger partial charge in [0.2, 0.25) is 0 Å². The summed E-state index contributed by atoms with van der Waals surface area (Å²) in [5.41, 5.74) is 3.50. The van der Waals surface area contributed by atoms with Crippen molar-refractivity contribution in [1.82, 2.24) is 14.5 Å². The second-order valence-corrected chi connectivity index (χ2v) is 7.20. The molecule has 3 heterocycles. The van der Waals surface area contributed by atoms with Crippen molar-refractivity contribution in [3.8, 4) is 5.75 Å². The van der Waals surface area contributed by atoms with Crippen LogP contribution in [-0.4, -0.2) is 14.5 Å². The quantitative estimate of drug-likeness (QED) is 0.523. The fraction of sp³-hybridized carbons (Fsp3) is 0.318. The van der Waals surface area contributed by atoms with Gasteiger partial charge < -0.3 is 14.3 Å². The minimum Gasteiger partial charge on any atom is -0.487 e. The first-order valence-corrected chi connectivity index (χ1v) is 9.54. The molecule has 1 aromatic carbocycles. The molecule has 0 unspecified atom stereocenters. The molecule has 0 spiro atoms. The number of hydrogen-bond donors (Lipinski definition) is 1. The topological polar surface area (TPSA) is 42.8 Å². The summed E-state index contributed by atoms with van der Waals surface area (Å²) in [7, 11) is 0. The lowest BCUT2D eigenvalue weighted by atomic mass is 9.95. The average molecular weight is 345 g/mol. The number of benzene rings is 1. The van der Waals surface area contributed by atoms with Gasteiger partial charge in [-0.1, -0.05) is 37.5 Å². The van der Waals surface area contributed by atoms with Crippen LogP contribution in [0.25, 0.3) is 21.9 Å². The Balaban J connectivity index is 1.61. The van der Waals surface area contributed by atoms with E-state index in [4.69, 9.17) is 4.74 Å². The number of aromatic amines is 1. The van der Waals surface area contributed by atoms with E-state index in [9.17, 15) is 0 Å². The number of hydrogen-bond acceptors (Lipinski definition) is 2. The highest BCUT2D eigenvalue weighted by Crippen LogP contribution is 2.36. The molecule has 1 fully saturated rings. The molecule has 4 aromatic rings. The number of rotatable bonds is 4. The van der Waals surface area contributed by atoms with Crippen LogP contribution in [-0.2, 0) is 6.61 Å². The van der Waals surface area contributed by atoms with Gasteiger partial charge in [-0.25, -0.2) is 4.98 Å². The molecule has 3 aromatic heterocycles. The van der Waals surface area contributed by atoms with E-state index < -0.39 is 0 Å². The summed E-state index contributed by atoms with van der Waals surface area (Å²) in [6.45, 7) is 0.584. The van der Waals surface area contributed by atoms with Gasteiger partial charge in [-0.2, -0.15) is 0 Å². The highest BCUT2D eigenvalue weighted by molar-refractivity contribution is 6.03. The Kier molecular flexibility index (Phi) is 3.89. The molecule has 4 heteroatoms.